The fraction of sp³-hybridized carbons (Fsp3) is 0.636. The smallest absolute Gasteiger partial charge is 0.332 e. The minimum absolute atomic E-state index is 0.0174. The molecule has 1 fully saturated rings. The summed E-state index contributed by atoms with van der Waals surface area (Å²) in [6, 6.07) is 4.91. The highest BCUT2D eigenvalue weighted by molar-refractivity contribution is 7.90. The summed E-state index contributed by atoms with van der Waals surface area (Å²) < 4.78 is 27.8. The average Bonchev–Trinajstić information content (AvgIpc) is 2.66. The molecule has 0 saturated carbocycles. The molecule has 8 nitrogen and oxygen atoms in total. The number of rotatable bonds is 6. The summed E-state index contributed by atoms with van der Waals surface area (Å²) in [5.41, 5.74) is 2.59. The number of likely N-dealkylation sites (tertiary alicyclic amines) is 1. The summed E-state index contributed by atoms with van der Waals surface area (Å²) >= 11 is 0. The average molecular weight is 453 g/mol. The van der Waals surface area contributed by atoms with Crippen LogP contribution in [0.4, 0.5) is 15.3 Å². The Hall–Kier alpha value is -2.29. The van der Waals surface area contributed by atoms with Gasteiger partial charge in [0.1, 0.15) is 0 Å². The molecule has 3 N–H and O–H groups in total. The summed E-state index contributed by atoms with van der Waals surface area (Å²) in [6.07, 6.45) is 0.571. The highest BCUT2D eigenvalue weighted by Gasteiger charge is 2.33. The summed E-state index contributed by atoms with van der Waals surface area (Å²) in [5, 5.41) is 4.88. The van der Waals surface area contributed by atoms with Crippen LogP contribution in [-0.4, -0.2) is 49.8 Å². The van der Waals surface area contributed by atoms with Crippen molar-refractivity contribution in [2.45, 2.75) is 77.5 Å². The van der Waals surface area contributed by atoms with Crippen molar-refractivity contribution in [3.63, 3.8) is 0 Å². The van der Waals surface area contributed by atoms with Crippen molar-refractivity contribution in [1.82, 2.24) is 14.9 Å². The number of carbonyl (C=O) groups is 2. The van der Waals surface area contributed by atoms with Crippen molar-refractivity contribution < 1.29 is 18.0 Å². The van der Waals surface area contributed by atoms with Crippen molar-refractivity contribution in [3.05, 3.63) is 29.3 Å². The number of hydrogen-bond acceptors (Lipinski definition) is 4. The fourth-order valence-electron chi connectivity index (χ4n) is 3.75. The van der Waals surface area contributed by atoms with Crippen LogP contribution >= 0.6 is 0 Å². The molecule has 174 valence electrons. The zero-order chi connectivity index (χ0) is 23.3. The molecule has 1 aromatic rings. The van der Waals surface area contributed by atoms with Gasteiger partial charge < -0.3 is 15.5 Å². The van der Waals surface area contributed by atoms with E-state index in [2.05, 4.69) is 15.4 Å². The number of anilines is 1. The minimum Gasteiger partial charge on any atom is -0.336 e. The molecule has 0 radical (unpaired) electrons. The SMILES string of the molecule is CC(C)NC(=O)N1CCC(S(=O)(=O)NC(=O)Nc2c(C(C)C)cccc2C(C)C)CC1. The van der Waals surface area contributed by atoms with Crippen molar-refractivity contribution in [2.24, 2.45) is 0 Å². The molecule has 9 heteroatoms. The molecule has 2 rings (SSSR count). The molecule has 0 bridgehead atoms. The van der Waals surface area contributed by atoms with Crippen LogP contribution in [0.25, 0.3) is 0 Å². The van der Waals surface area contributed by atoms with Crippen molar-refractivity contribution in [3.8, 4) is 0 Å². The lowest BCUT2D eigenvalue weighted by Gasteiger charge is -2.32. The number of urea groups is 2. The van der Waals surface area contributed by atoms with E-state index in [9.17, 15) is 18.0 Å². The van der Waals surface area contributed by atoms with E-state index in [-0.39, 0.29) is 36.8 Å². The van der Waals surface area contributed by atoms with Crippen LogP contribution in [0.5, 0.6) is 0 Å². The Kier molecular flexibility index (Phi) is 8.34. The number of hydrogen-bond donors (Lipinski definition) is 3. The maximum atomic E-state index is 12.8. The highest BCUT2D eigenvalue weighted by Crippen LogP contribution is 2.32. The van der Waals surface area contributed by atoms with Crippen LogP contribution < -0.4 is 15.4 Å². The Balaban J connectivity index is 2.06. The third kappa shape index (κ3) is 6.59. The Labute approximate surface area is 186 Å². The van der Waals surface area contributed by atoms with Crippen LogP contribution in [0.1, 0.15) is 77.3 Å². The lowest BCUT2D eigenvalue weighted by molar-refractivity contribution is 0.184. The number of nitrogens with one attached hydrogen (secondary N) is 3. The van der Waals surface area contributed by atoms with Crippen LogP contribution in [0, 0.1) is 0 Å². The molecule has 1 heterocycles. The molecular formula is C22H36N4O4S. The van der Waals surface area contributed by atoms with E-state index in [0.717, 1.165) is 11.1 Å². The molecule has 0 aromatic heterocycles. The van der Waals surface area contributed by atoms with Crippen LogP contribution in [0.2, 0.25) is 0 Å². The summed E-state index contributed by atoms with van der Waals surface area (Å²) in [6.45, 7) is 12.5. The molecule has 1 aliphatic heterocycles. The highest BCUT2D eigenvalue weighted by atomic mass is 32.2. The third-order valence-electron chi connectivity index (χ3n) is 5.43. The van der Waals surface area contributed by atoms with Crippen LogP contribution in [0.3, 0.4) is 0 Å². The lowest BCUT2D eigenvalue weighted by atomic mass is 9.93. The van der Waals surface area contributed by atoms with Gasteiger partial charge in [-0.2, -0.15) is 0 Å². The van der Waals surface area contributed by atoms with Crippen molar-refractivity contribution in [2.75, 3.05) is 18.4 Å². The van der Waals surface area contributed by atoms with E-state index in [4.69, 9.17) is 0 Å². The second-order valence-corrected chi connectivity index (χ2v) is 11.0. The van der Waals surface area contributed by atoms with Gasteiger partial charge in [-0.1, -0.05) is 45.9 Å². The molecule has 0 aliphatic carbocycles. The Bertz CT molecular complexity index is 863. The van der Waals surface area contributed by atoms with Gasteiger partial charge in [0.05, 0.1) is 5.25 Å². The van der Waals surface area contributed by atoms with Gasteiger partial charge in [-0.25, -0.2) is 22.7 Å². The van der Waals surface area contributed by atoms with E-state index in [1.807, 2.05) is 59.7 Å². The van der Waals surface area contributed by atoms with Gasteiger partial charge in [0.2, 0.25) is 10.0 Å². The Morgan fingerprint density at radius 3 is 1.94 bits per heavy atom. The first-order valence-electron chi connectivity index (χ1n) is 10.9. The number of para-hydroxylation sites is 1. The van der Waals surface area contributed by atoms with Crippen LogP contribution in [0.15, 0.2) is 18.2 Å². The van der Waals surface area contributed by atoms with E-state index >= 15 is 0 Å². The van der Waals surface area contributed by atoms with E-state index in [0.29, 0.717) is 18.8 Å². The molecule has 4 amide bonds. The monoisotopic (exact) mass is 452 g/mol. The number of carbonyl (C=O) groups excluding carboxylic acids is 2. The number of benzene rings is 1. The van der Waals surface area contributed by atoms with Crippen LogP contribution in [-0.2, 0) is 10.0 Å². The molecule has 0 spiro atoms. The van der Waals surface area contributed by atoms with Crippen molar-refractivity contribution in [1.29, 1.82) is 0 Å². The molecule has 1 aliphatic rings. The van der Waals surface area contributed by atoms with Gasteiger partial charge in [-0.05, 0) is 49.7 Å². The first kappa shape index (κ1) is 25.0. The van der Waals surface area contributed by atoms with E-state index < -0.39 is 21.3 Å². The molecular weight excluding hydrogens is 416 g/mol. The van der Waals surface area contributed by atoms with Gasteiger partial charge in [0.15, 0.2) is 0 Å². The minimum atomic E-state index is -3.86. The molecule has 1 saturated heterocycles. The Morgan fingerprint density at radius 2 is 1.48 bits per heavy atom. The zero-order valence-electron chi connectivity index (χ0n) is 19.4. The van der Waals surface area contributed by atoms with Gasteiger partial charge in [0.25, 0.3) is 0 Å². The van der Waals surface area contributed by atoms with Gasteiger partial charge >= 0.3 is 12.1 Å². The maximum Gasteiger partial charge on any atom is 0.332 e. The quantitative estimate of drug-likeness (QED) is 0.607. The van der Waals surface area contributed by atoms with Gasteiger partial charge in [0, 0.05) is 24.8 Å². The topological polar surface area (TPSA) is 108 Å². The molecule has 0 unspecified atom stereocenters. The van der Waals surface area contributed by atoms with Crippen molar-refractivity contribution >= 4 is 27.8 Å². The number of piperidine rings is 1. The van der Waals surface area contributed by atoms with E-state index in [1.54, 1.807) is 4.90 Å². The predicted molar refractivity (Wildman–Crippen MR) is 124 cm³/mol. The first-order chi connectivity index (χ1) is 14.4. The normalized spacial score (nSPS) is 15.5. The predicted octanol–water partition coefficient (Wildman–Crippen LogP) is 3.97. The van der Waals surface area contributed by atoms with Gasteiger partial charge in [-0.3, -0.25) is 0 Å². The van der Waals surface area contributed by atoms with E-state index in [1.165, 1.54) is 0 Å². The largest absolute Gasteiger partial charge is 0.336 e. The second-order valence-electron chi connectivity index (χ2n) is 9.01. The number of sulfonamides is 1. The second kappa shape index (κ2) is 10.3. The summed E-state index contributed by atoms with van der Waals surface area (Å²) in [5.74, 6) is 0.346. The molecule has 0 atom stereocenters. The maximum absolute atomic E-state index is 12.8. The molecule has 31 heavy (non-hydrogen) atoms. The third-order valence-corrected chi connectivity index (χ3v) is 7.25. The van der Waals surface area contributed by atoms with Gasteiger partial charge in [-0.15, -0.1) is 0 Å². The lowest BCUT2D eigenvalue weighted by Crippen LogP contribution is -2.50. The standard InChI is InChI=1S/C22H36N4O4S/c1-14(2)18-8-7-9-19(15(3)4)20(18)24-21(27)25-31(29,30)17-10-12-26(13-11-17)22(28)23-16(5)6/h7-9,14-17H,10-13H2,1-6H3,(H,23,28)(H2,24,25,27). The first-order valence-corrected chi connectivity index (χ1v) is 12.5. The fourth-order valence-corrected chi connectivity index (χ4v) is 5.06. The number of nitrogens with zero attached hydrogens (tertiary/aromatic N) is 1. The number of amides is 4. The summed E-state index contributed by atoms with van der Waals surface area (Å²) in [7, 11) is -3.86. The summed E-state index contributed by atoms with van der Waals surface area (Å²) in [4.78, 5) is 26.4. The zero-order valence-corrected chi connectivity index (χ0v) is 20.2. The Morgan fingerprint density at radius 1 is 0.968 bits per heavy atom. The molecule has 1 aromatic carbocycles.